The summed E-state index contributed by atoms with van der Waals surface area (Å²) < 4.78 is 4.53. The van der Waals surface area contributed by atoms with E-state index in [1.54, 1.807) is 29.6 Å². The quantitative estimate of drug-likeness (QED) is 0.518. The van der Waals surface area contributed by atoms with Gasteiger partial charge in [0.2, 0.25) is 0 Å². The van der Waals surface area contributed by atoms with Crippen molar-refractivity contribution in [1.82, 2.24) is 4.98 Å². The van der Waals surface area contributed by atoms with Gasteiger partial charge in [-0.1, -0.05) is 29.8 Å². The van der Waals surface area contributed by atoms with E-state index >= 15 is 0 Å². The summed E-state index contributed by atoms with van der Waals surface area (Å²) in [5, 5.41) is 4.33. The van der Waals surface area contributed by atoms with Crippen molar-refractivity contribution in [3.8, 4) is 0 Å². The fourth-order valence-corrected chi connectivity index (χ4v) is 2.36. The van der Waals surface area contributed by atoms with E-state index in [-0.39, 0.29) is 11.6 Å². The number of ketones is 1. The fraction of sp³-hybridized carbons (Fsp3) is 0.200. The number of Topliss-reactive ketones (excluding diaryl/α,β-unsaturated/α-hetero) is 1. The van der Waals surface area contributed by atoms with Crippen LogP contribution in [-0.2, 0) is 20.7 Å². The molecule has 0 aliphatic rings. The normalized spacial score (nSPS) is 10.1. The van der Waals surface area contributed by atoms with Crippen molar-refractivity contribution < 1.29 is 19.1 Å². The van der Waals surface area contributed by atoms with Crippen molar-refractivity contribution in [2.45, 2.75) is 13.3 Å². The molecule has 2 rings (SSSR count). The molecule has 0 bridgehead atoms. The molecule has 114 valence electrons. The molecule has 1 aromatic heterocycles. The lowest BCUT2D eigenvalue weighted by atomic mass is 10.1. The number of ether oxygens (including phenoxy) is 1. The number of benzene rings is 1. The Morgan fingerprint density at radius 2 is 1.91 bits per heavy atom. The Labute approximate surface area is 131 Å². The fourth-order valence-electron chi connectivity index (χ4n) is 1.66. The molecule has 1 heterocycles. The highest BCUT2D eigenvalue weighted by molar-refractivity contribution is 7.14. The van der Waals surface area contributed by atoms with Crippen LogP contribution in [0.1, 0.15) is 21.6 Å². The van der Waals surface area contributed by atoms with Crippen LogP contribution in [-0.4, -0.2) is 29.8 Å². The maximum absolute atomic E-state index is 12.0. The highest BCUT2D eigenvalue weighted by atomic mass is 32.1. The molecular formula is C15H14N2O4S. The number of hydrogen-bond donors (Lipinski definition) is 1. The lowest BCUT2D eigenvalue weighted by molar-refractivity contribution is -0.139. The van der Waals surface area contributed by atoms with Crippen LogP contribution in [0.25, 0.3) is 0 Å². The molecule has 22 heavy (non-hydrogen) atoms. The SMILES string of the molecule is COC(=O)Cc1csc(NC(=O)C(=O)c2ccc(C)cc2)n1. The number of rotatable bonds is 5. The van der Waals surface area contributed by atoms with E-state index < -0.39 is 17.7 Å². The predicted molar refractivity (Wildman–Crippen MR) is 82.0 cm³/mol. The van der Waals surface area contributed by atoms with Crippen LogP contribution in [0.3, 0.4) is 0 Å². The number of nitrogens with zero attached hydrogens (tertiary/aromatic N) is 1. The molecule has 0 aliphatic heterocycles. The zero-order valence-electron chi connectivity index (χ0n) is 12.1. The first-order chi connectivity index (χ1) is 10.5. The van der Waals surface area contributed by atoms with E-state index in [2.05, 4.69) is 15.0 Å². The van der Waals surface area contributed by atoms with Crippen molar-refractivity contribution in [3.63, 3.8) is 0 Å². The Morgan fingerprint density at radius 3 is 2.55 bits per heavy atom. The lowest BCUT2D eigenvalue weighted by Crippen LogP contribution is -2.22. The Hall–Kier alpha value is -2.54. The lowest BCUT2D eigenvalue weighted by Gasteiger charge is -2.01. The van der Waals surface area contributed by atoms with E-state index in [1.165, 1.54) is 7.11 Å². The number of thiazole rings is 1. The Balaban J connectivity index is 2.01. The number of carbonyl (C=O) groups excluding carboxylic acids is 3. The first-order valence-corrected chi connectivity index (χ1v) is 7.31. The molecule has 1 N–H and O–H groups in total. The molecule has 0 atom stereocenters. The van der Waals surface area contributed by atoms with Gasteiger partial charge in [-0.15, -0.1) is 11.3 Å². The Kier molecular flexibility index (Phi) is 5.00. The van der Waals surface area contributed by atoms with E-state index in [4.69, 9.17) is 0 Å². The Morgan fingerprint density at radius 1 is 1.23 bits per heavy atom. The van der Waals surface area contributed by atoms with Crippen LogP contribution in [0.15, 0.2) is 29.6 Å². The second-order valence-electron chi connectivity index (χ2n) is 4.55. The minimum absolute atomic E-state index is 0.0226. The average molecular weight is 318 g/mol. The predicted octanol–water partition coefficient (Wildman–Crippen LogP) is 1.99. The topological polar surface area (TPSA) is 85.4 Å². The number of amides is 1. The molecule has 0 spiro atoms. The molecule has 1 amide bonds. The van der Waals surface area contributed by atoms with Crippen LogP contribution in [0.4, 0.5) is 5.13 Å². The highest BCUT2D eigenvalue weighted by Crippen LogP contribution is 2.16. The van der Waals surface area contributed by atoms with Crippen LogP contribution >= 0.6 is 11.3 Å². The summed E-state index contributed by atoms with van der Waals surface area (Å²) in [4.78, 5) is 39.1. The van der Waals surface area contributed by atoms with Gasteiger partial charge in [0.15, 0.2) is 5.13 Å². The maximum Gasteiger partial charge on any atom is 0.311 e. The van der Waals surface area contributed by atoms with Crippen LogP contribution < -0.4 is 5.32 Å². The van der Waals surface area contributed by atoms with Gasteiger partial charge in [-0.2, -0.15) is 0 Å². The summed E-state index contributed by atoms with van der Waals surface area (Å²) in [5.74, 6) is -1.81. The smallest absolute Gasteiger partial charge is 0.311 e. The van der Waals surface area contributed by atoms with Crippen molar-refractivity contribution in [3.05, 3.63) is 46.5 Å². The summed E-state index contributed by atoms with van der Waals surface area (Å²) in [5.41, 5.74) is 1.80. The average Bonchev–Trinajstić information content (AvgIpc) is 2.94. The molecular weight excluding hydrogens is 304 g/mol. The first kappa shape index (κ1) is 15.8. The van der Waals surface area contributed by atoms with Gasteiger partial charge in [-0.05, 0) is 6.92 Å². The second kappa shape index (κ2) is 6.95. The number of methoxy groups -OCH3 is 1. The summed E-state index contributed by atoms with van der Waals surface area (Å²) in [7, 11) is 1.29. The minimum Gasteiger partial charge on any atom is -0.469 e. The van der Waals surface area contributed by atoms with Gasteiger partial charge in [-0.25, -0.2) is 4.98 Å². The molecule has 0 radical (unpaired) electrons. The standard InChI is InChI=1S/C15H14N2O4S/c1-9-3-5-10(6-4-9)13(19)14(20)17-15-16-11(8-22-15)7-12(18)21-2/h3-6,8H,7H2,1-2H3,(H,16,17,20). The van der Waals surface area contributed by atoms with Gasteiger partial charge < -0.3 is 4.74 Å². The van der Waals surface area contributed by atoms with Crippen molar-refractivity contribution in [1.29, 1.82) is 0 Å². The van der Waals surface area contributed by atoms with Crippen molar-refractivity contribution in [2.24, 2.45) is 0 Å². The maximum atomic E-state index is 12.0. The summed E-state index contributed by atoms with van der Waals surface area (Å²) in [6, 6.07) is 6.72. The van der Waals surface area contributed by atoms with Crippen molar-refractivity contribution in [2.75, 3.05) is 12.4 Å². The monoisotopic (exact) mass is 318 g/mol. The molecule has 1 aromatic carbocycles. The van der Waals surface area contributed by atoms with E-state index in [9.17, 15) is 14.4 Å². The third-order valence-corrected chi connectivity index (χ3v) is 3.65. The first-order valence-electron chi connectivity index (χ1n) is 6.43. The number of aryl methyl sites for hydroxylation is 1. The number of hydrogen-bond acceptors (Lipinski definition) is 6. The van der Waals surface area contributed by atoms with Crippen LogP contribution in [0.5, 0.6) is 0 Å². The zero-order valence-corrected chi connectivity index (χ0v) is 12.9. The van der Waals surface area contributed by atoms with E-state index in [1.807, 2.05) is 6.92 Å². The Bertz CT molecular complexity index is 707. The number of aromatic nitrogens is 1. The van der Waals surface area contributed by atoms with Crippen molar-refractivity contribution >= 4 is 34.1 Å². The third-order valence-electron chi connectivity index (χ3n) is 2.85. The van der Waals surface area contributed by atoms with Gasteiger partial charge in [0, 0.05) is 10.9 Å². The zero-order chi connectivity index (χ0) is 16.1. The van der Waals surface area contributed by atoms with Crippen LogP contribution in [0.2, 0.25) is 0 Å². The van der Waals surface area contributed by atoms with Gasteiger partial charge in [-0.3, -0.25) is 19.7 Å². The van der Waals surface area contributed by atoms with Crippen LogP contribution in [0, 0.1) is 6.92 Å². The van der Waals surface area contributed by atoms with Gasteiger partial charge >= 0.3 is 5.97 Å². The van der Waals surface area contributed by atoms with E-state index in [0.29, 0.717) is 11.3 Å². The molecule has 0 unspecified atom stereocenters. The molecule has 0 aliphatic carbocycles. The van der Waals surface area contributed by atoms with Gasteiger partial charge in [0.25, 0.3) is 11.7 Å². The number of nitrogens with one attached hydrogen (secondary N) is 1. The molecule has 0 saturated heterocycles. The number of anilines is 1. The van der Waals surface area contributed by atoms with E-state index in [0.717, 1.165) is 16.9 Å². The number of esters is 1. The summed E-state index contributed by atoms with van der Waals surface area (Å²) in [6.07, 6.45) is 0.0226. The highest BCUT2D eigenvalue weighted by Gasteiger charge is 2.18. The third kappa shape index (κ3) is 3.98. The van der Waals surface area contributed by atoms with Gasteiger partial charge in [0.1, 0.15) is 0 Å². The minimum atomic E-state index is -0.761. The number of carbonyl (C=O) groups is 3. The largest absolute Gasteiger partial charge is 0.469 e. The second-order valence-corrected chi connectivity index (χ2v) is 5.40. The molecule has 2 aromatic rings. The summed E-state index contributed by atoms with van der Waals surface area (Å²) >= 11 is 1.14. The molecule has 0 fully saturated rings. The van der Waals surface area contributed by atoms with Gasteiger partial charge in [0.05, 0.1) is 19.2 Å². The molecule has 6 nitrogen and oxygen atoms in total. The summed E-state index contributed by atoms with van der Waals surface area (Å²) in [6.45, 7) is 1.90. The molecule has 7 heteroatoms. The molecule has 0 saturated carbocycles.